The van der Waals surface area contributed by atoms with Gasteiger partial charge in [0.15, 0.2) is 11.5 Å². The number of hydrogen-bond acceptors (Lipinski definition) is 4. The van der Waals surface area contributed by atoms with Crippen LogP contribution in [-0.2, 0) is 11.8 Å². The lowest BCUT2D eigenvalue weighted by molar-refractivity contribution is 0.00972. The molecule has 2 bridgehead atoms. The van der Waals surface area contributed by atoms with Gasteiger partial charge >= 0.3 is 0 Å². The maximum Gasteiger partial charge on any atom is 0.165 e. The lowest BCUT2D eigenvalue weighted by atomic mass is 9.60. The largest absolute Gasteiger partial charge is 0.504 e. The van der Waals surface area contributed by atoms with E-state index in [9.17, 15) is 10.2 Å². The molecule has 3 aliphatic carbocycles. The first-order valence-electron chi connectivity index (χ1n) is 8.63. The highest BCUT2D eigenvalue weighted by Gasteiger charge is 2.71. The van der Waals surface area contributed by atoms with Crippen LogP contribution in [0.3, 0.4) is 0 Å². The second kappa shape index (κ2) is 4.11. The van der Waals surface area contributed by atoms with Crippen LogP contribution in [0.15, 0.2) is 24.3 Å². The normalized spacial score (nSPS) is 45.0. The Balaban J connectivity index is 1.85. The first-order valence-corrected chi connectivity index (χ1v) is 8.63. The zero-order chi connectivity index (χ0) is 16.0. The van der Waals surface area contributed by atoms with Crippen LogP contribution in [0.4, 0.5) is 0 Å². The molecule has 1 fully saturated rings. The predicted molar refractivity (Wildman–Crippen MR) is 86.7 cm³/mol. The summed E-state index contributed by atoms with van der Waals surface area (Å²) in [7, 11) is 2.05. The van der Waals surface area contributed by atoms with Crippen LogP contribution in [0.1, 0.15) is 30.9 Å². The van der Waals surface area contributed by atoms with Crippen molar-refractivity contribution in [3.05, 3.63) is 35.4 Å². The van der Waals surface area contributed by atoms with Crippen molar-refractivity contribution in [2.24, 2.45) is 11.3 Å². The van der Waals surface area contributed by atoms with Crippen molar-refractivity contribution in [2.45, 2.75) is 49.9 Å². The average Bonchev–Trinajstić information content (AvgIpc) is 3.02. The van der Waals surface area contributed by atoms with Crippen LogP contribution in [0, 0.1) is 11.3 Å². The van der Waals surface area contributed by atoms with Gasteiger partial charge in [0.1, 0.15) is 12.2 Å². The molecular formula is C19H23NO3. The minimum Gasteiger partial charge on any atom is -0.504 e. The Morgan fingerprint density at radius 2 is 2.17 bits per heavy atom. The topological polar surface area (TPSA) is 61.7 Å². The number of aromatic hydroxyl groups is 1. The number of benzene rings is 1. The molecule has 0 radical (unpaired) electrons. The minimum absolute atomic E-state index is 0.182. The Kier molecular flexibility index (Phi) is 2.48. The molecule has 0 amide bonds. The second-order valence-corrected chi connectivity index (χ2v) is 7.76. The van der Waals surface area contributed by atoms with E-state index in [2.05, 4.69) is 24.4 Å². The van der Waals surface area contributed by atoms with Crippen molar-refractivity contribution in [3.8, 4) is 11.5 Å². The molecule has 6 atom stereocenters. The fourth-order valence-corrected chi connectivity index (χ4v) is 6.30. The molecule has 5 rings (SSSR count). The van der Waals surface area contributed by atoms with E-state index >= 15 is 0 Å². The van der Waals surface area contributed by atoms with Gasteiger partial charge in [-0.1, -0.05) is 25.1 Å². The fraction of sp³-hybridized carbons (Fsp3) is 0.579. The van der Waals surface area contributed by atoms with Crippen LogP contribution in [0.25, 0.3) is 0 Å². The average molecular weight is 313 g/mol. The number of nitrogens with one attached hydrogen (secondary N) is 1. The standard InChI is InChI=1S/C19H23NO3/c1-3-18-8-10-4-6-12(21)15-14(10)19(9-18)11(16(18)20-2)5-7-13(22)17(19)23-15/h4-7,11,13,16-17,20-22H,3,8-9H2,1-2H3/t11?,13?,16?,17?,18?,19-/m0/s1. The summed E-state index contributed by atoms with van der Waals surface area (Å²) in [5, 5.41) is 24.5. The molecule has 1 saturated carbocycles. The number of phenolic OH excluding ortho intramolecular Hbond substituents is 1. The van der Waals surface area contributed by atoms with Gasteiger partial charge in [-0.2, -0.15) is 0 Å². The molecule has 1 aromatic rings. The zero-order valence-corrected chi connectivity index (χ0v) is 13.5. The molecule has 122 valence electrons. The summed E-state index contributed by atoms with van der Waals surface area (Å²) < 4.78 is 6.17. The van der Waals surface area contributed by atoms with Crippen molar-refractivity contribution in [1.82, 2.24) is 5.32 Å². The number of aliphatic hydroxyl groups excluding tert-OH is 1. The third-order valence-corrected chi connectivity index (χ3v) is 7.08. The van der Waals surface area contributed by atoms with E-state index in [0.29, 0.717) is 17.7 Å². The molecule has 3 N–H and O–H groups in total. The van der Waals surface area contributed by atoms with Crippen LogP contribution in [-0.4, -0.2) is 35.5 Å². The van der Waals surface area contributed by atoms with Gasteiger partial charge in [-0.25, -0.2) is 0 Å². The Morgan fingerprint density at radius 1 is 1.35 bits per heavy atom. The molecule has 23 heavy (non-hydrogen) atoms. The van der Waals surface area contributed by atoms with Crippen LogP contribution < -0.4 is 10.1 Å². The quantitative estimate of drug-likeness (QED) is 0.730. The molecule has 5 unspecified atom stereocenters. The zero-order valence-electron chi connectivity index (χ0n) is 13.5. The third kappa shape index (κ3) is 1.33. The first kappa shape index (κ1) is 13.9. The second-order valence-electron chi connectivity index (χ2n) is 7.76. The maximum absolute atomic E-state index is 10.6. The van der Waals surface area contributed by atoms with Crippen molar-refractivity contribution in [2.75, 3.05) is 7.05 Å². The smallest absolute Gasteiger partial charge is 0.165 e. The van der Waals surface area contributed by atoms with E-state index in [4.69, 9.17) is 4.74 Å². The molecule has 1 heterocycles. The van der Waals surface area contributed by atoms with E-state index in [1.165, 1.54) is 5.56 Å². The summed E-state index contributed by atoms with van der Waals surface area (Å²) in [6, 6.07) is 4.17. The third-order valence-electron chi connectivity index (χ3n) is 7.08. The van der Waals surface area contributed by atoms with Gasteiger partial charge in [0.2, 0.25) is 0 Å². The van der Waals surface area contributed by atoms with Crippen molar-refractivity contribution < 1.29 is 14.9 Å². The molecular weight excluding hydrogens is 290 g/mol. The number of aliphatic hydroxyl groups is 1. The minimum atomic E-state index is -0.617. The Bertz CT molecular complexity index is 730. The molecule has 4 aliphatic rings. The van der Waals surface area contributed by atoms with Gasteiger partial charge in [0, 0.05) is 22.9 Å². The molecule has 1 spiro atoms. The number of hydrogen-bond donors (Lipinski definition) is 3. The summed E-state index contributed by atoms with van der Waals surface area (Å²) >= 11 is 0. The molecule has 1 aromatic carbocycles. The Morgan fingerprint density at radius 3 is 2.91 bits per heavy atom. The van der Waals surface area contributed by atoms with Crippen LogP contribution in [0.2, 0.25) is 0 Å². The van der Waals surface area contributed by atoms with Gasteiger partial charge < -0.3 is 20.3 Å². The Hall–Kier alpha value is -1.52. The van der Waals surface area contributed by atoms with E-state index < -0.39 is 6.10 Å². The number of fused-ring (bicyclic) bond motifs is 1. The van der Waals surface area contributed by atoms with Crippen LogP contribution >= 0.6 is 0 Å². The lowest BCUT2D eigenvalue weighted by Gasteiger charge is -2.43. The molecule has 0 saturated heterocycles. The van der Waals surface area contributed by atoms with Crippen molar-refractivity contribution in [1.29, 1.82) is 0 Å². The monoisotopic (exact) mass is 313 g/mol. The van der Waals surface area contributed by atoms with Gasteiger partial charge in [-0.05, 0) is 43.4 Å². The number of rotatable bonds is 2. The van der Waals surface area contributed by atoms with Gasteiger partial charge in [-0.15, -0.1) is 0 Å². The number of ether oxygens (including phenoxy) is 1. The SMILES string of the molecule is CCC12Cc3ccc(O)c4c3[C@]3(C1)C(C=CC(O)C3O4)C2NC. The van der Waals surface area contributed by atoms with E-state index in [-0.39, 0.29) is 22.7 Å². The highest BCUT2D eigenvalue weighted by molar-refractivity contribution is 5.62. The van der Waals surface area contributed by atoms with Crippen molar-refractivity contribution >= 4 is 0 Å². The Labute approximate surface area is 136 Å². The van der Waals surface area contributed by atoms with Crippen molar-refractivity contribution in [3.63, 3.8) is 0 Å². The van der Waals surface area contributed by atoms with E-state index in [1.54, 1.807) is 6.07 Å². The maximum atomic E-state index is 10.6. The first-order chi connectivity index (χ1) is 11.1. The molecule has 4 heteroatoms. The van der Waals surface area contributed by atoms with Gasteiger partial charge in [-0.3, -0.25) is 0 Å². The fourth-order valence-electron chi connectivity index (χ4n) is 6.30. The van der Waals surface area contributed by atoms with E-state index in [1.807, 2.05) is 13.1 Å². The predicted octanol–water partition coefficient (Wildman–Crippen LogP) is 1.88. The summed E-state index contributed by atoms with van der Waals surface area (Å²) in [5.74, 6) is 1.11. The summed E-state index contributed by atoms with van der Waals surface area (Å²) in [6.45, 7) is 2.27. The number of phenols is 1. The van der Waals surface area contributed by atoms with E-state index in [0.717, 1.165) is 24.8 Å². The lowest BCUT2D eigenvalue weighted by Crippen LogP contribution is -2.52. The molecule has 1 aliphatic heterocycles. The highest BCUT2D eigenvalue weighted by atomic mass is 16.5. The summed E-state index contributed by atoms with van der Waals surface area (Å²) in [5.41, 5.74) is 2.43. The highest BCUT2D eigenvalue weighted by Crippen LogP contribution is 2.69. The molecule has 4 nitrogen and oxygen atoms in total. The van der Waals surface area contributed by atoms with Gasteiger partial charge in [0.25, 0.3) is 0 Å². The van der Waals surface area contributed by atoms with Crippen LogP contribution in [0.5, 0.6) is 11.5 Å². The summed E-state index contributed by atoms with van der Waals surface area (Å²) in [6.07, 6.45) is 6.30. The van der Waals surface area contributed by atoms with Gasteiger partial charge in [0.05, 0.1) is 0 Å². The molecule has 0 aromatic heterocycles. The summed E-state index contributed by atoms with van der Waals surface area (Å²) in [4.78, 5) is 0.